The lowest BCUT2D eigenvalue weighted by Gasteiger charge is -2.29. The topological polar surface area (TPSA) is 83.1 Å². The van der Waals surface area contributed by atoms with Gasteiger partial charge in [-0.05, 0) is 61.8 Å². The van der Waals surface area contributed by atoms with E-state index in [2.05, 4.69) is 15.5 Å². The molecule has 208 valence electrons. The van der Waals surface area contributed by atoms with Crippen LogP contribution in [0.2, 0.25) is 0 Å². The van der Waals surface area contributed by atoms with Gasteiger partial charge in [0.1, 0.15) is 0 Å². The average molecular weight is 541 g/mol. The minimum Gasteiger partial charge on any atom is -0.493 e. The van der Waals surface area contributed by atoms with Gasteiger partial charge in [0.25, 0.3) is 5.91 Å². The summed E-state index contributed by atoms with van der Waals surface area (Å²) in [5.74, 6) is 0.894. The number of nitrogens with zero attached hydrogens (tertiary/aromatic N) is 2. The lowest BCUT2D eigenvalue weighted by molar-refractivity contribution is -0.116. The van der Waals surface area contributed by atoms with Gasteiger partial charge in [0, 0.05) is 43.0 Å². The third kappa shape index (κ3) is 5.82. The Morgan fingerprint density at radius 3 is 2.27 bits per heavy atom. The van der Waals surface area contributed by atoms with E-state index in [0.717, 1.165) is 42.1 Å². The summed E-state index contributed by atoms with van der Waals surface area (Å²) in [6.07, 6.45) is 3.74. The molecule has 8 heteroatoms. The number of rotatable bonds is 9. The molecule has 1 saturated heterocycles. The second-order valence-corrected chi connectivity index (χ2v) is 10.1. The third-order valence-corrected chi connectivity index (χ3v) is 7.50. The molecule has 3 aromatic carbocycles. The number of amides is 2. The minimum atomic E-state index is -0.214. The Labute approximate surface area is 235 Å². The predicted octanol–water partition coefficient (Wildman–Crippen LogP) is 5.48. The summed E-state index contributed by atoms with van der Waals surface area (Å²) in [4.78, 5) is 30.1. The van der Waals surface area contributed by atoms with Gasteiger partial charge in [-0.2, -0.15) is 0 Å². The number of nitrogens with one attached hydrogen (secondary N) is 2. The first-order valence-electron chi connectivity index (χ1n) is 13.7. The van der Waals surface area contributed by atoms with E-state index in [0.29, 0.717) is 35.0 Å². The number of carbonyl (C=O) groups excluding carboxylic acids is 2. The Balaban J connectivity index is 1.46. The van der Waals surface area contributed by atoms with Crippen LogP contribution in [0.5, 0.6) is 11.5 Å². The maximum Gasteiger partial charge on any atom is 0.258 e. The summed E-state index contributed by atoms with van der Waals surface area (Å²) < 4.78 is 11.0. The molecule has 3 aromatic rings. The Hall–Kier alpha value is -4.30. The van der Waals surface area contributed by atoms with Crippen LogP contribution in [0.3, 0.4) is 0 Å². The lowest BCUT2D eigenvalue weighted by Crippen LogP contribution is -2.39. The van der Waals surface area contributed by atoms with Crippen molar-refractivity contribution in [1.82, 2.24) is 4.90 Å². The number of anilines is 3. The molecule has 2 aliphatic heterocycles. The maximum absolute atomic E-state index is 13.3. The Kier molecular flexibility index (Phi) is 8.36. The van der Waals surface area contributed by atoms with Gasteiger partial charge in [0.05, 0.1) is 31.2 Å². The number of ether oxygens (including phenoxy) is 2. The van der Waals surface area contributed by atoms with Crippen molar-refractivity contribution in [2.75, 3.05) is 55.9 Å². The van der Waals surface area contributed by atoms with Crippen LogP contribution in [0.1, 0.15) is 37.3 Å². The van der Waals surface area contributed by atoms with Crippen LogP contribution in [0.25, 0.3) is 11.3 Å². The highest BCUT2D eigenvalue weighted by molar-refractivity contribution is 6.37. The van der Waals surface area contributed by atoms with Crippen LogP contribution in [0.4, 0.5) is 17.1 Å². The number of carbonyl (C=O) groups is 2. The van der Waals surface area contributed by atoms with E-state index in [1.54, 1.807) is 27.2 Å². The molecule has 0 spiro atoms. The van der Waals surface area contributed by atoms with Gasteiger partial charge < -0.3 is 29.9 Å². The molecule has 2 aliphatic rings. The fourth-order valence-corrected chi connectivity index (χ4v) is 5.39. The summed E-state index contributed by atoms with van der Waals surface area (Å²) >= 11 is 0. The Bertz CT molecular complexity index is 1400. The van der Waals surface area contributed by atoms with Gasteiger partial charge in [-0.15, -0.1) is 0 Å². The van der Waals surface area contributed by atoms with E-state index in [9.17, 15) is 9.59 Å². The fraction of sp³-hybridized carbons (Fsp3) is 0.312. The number of hydrogen-bond acceptors (Lipinski definition) is 6. The lowest BCUT2D eigenvalue weighted by atomic mass is 9.99. The van der Waals surface area contributed by atoms with Crippen molar-refractivity contribution in [3.63, 3.8) is 0 Å². The van der Waals surface area contributed by atoms with E-state index in [1.807, 2.05) is 65.6 Å². The molecule has 2 N–H and O–H groups in total. The minimum absolute atomic E-state index is 0.0217. The quantitative estimate of drug-likeness (QED) is 0.350. The number of benzene rings is 3. The van der Waals surface area contributed by atoms with Gasteiger partial charge in [-0.1, -0.05) is 36.8 Å². The average Bonchev–Trinajstić information content (AvgIpc) is 3.30. The smallest absolute Gasteiger partial charge is 0.258 e. The van der Waals surface area contributed by atoms with Crippen molar-refractivity contribution < 1.29 is 19.1 Å². The van der Waals surface area contributed by atoms with Crippen LogP contribution in [0.15, 0.2) is 66.7 Å². The van der Waals surface area contributed by atoms with E-state index in [4.69, 9.17) is 9.47 Å². The summed E-state index contributed by atoms with van der Waals surface area (Å²) in [5, 5.41) is 6.46. The molecular formula is C32H36N4O4. The van der Waals surface area contributed by atoms with Crippen LogP contribution in [-0.4, -0.2) is 57.1 Å². The van der Waals surface area contributed by atoms with Crippen LogP contribution >= 0.6 is 0 Å². The Morgan fingerprint density at radius 2 is 1.62 bits per heavy atom. The molecule has 0 unspecified atom stereocenters. The number of likely N-dealkylation sites (tertiary alicyclic amines) is 1. The van der Waals surface area contributed by atoms with Gasteiger partial charge >= 0.3 is 0 Å². The van der Waals surface area contributed by atoms with Crippen LogP contribution in [-0.2, 0) is 9.59 Å². The zero-order valence-corrected chi connectivity index (χ0v) is 23.3. The first-order chi connectivity index (χ1) is 19.5. The monoisotopic (exact) mass is 540 g/mol. The van der Waals surface area contributed by atoms with E-state index < -0.39 is 0 Å². The molecular weight excluding hydrogens is 504 g/mol. The van der Waals surface area contributed by atoms with Crippen LogP contribution < -0.4 is 25.0 Å². The molecule has 40 heavy (non-hydrogen) atoms. The van der Waals surface area contributed by atoms with E-state index in [1.165, 1.54) is 19.3 Å². The predicted molar refractivity (Wildman–Crippen MR) is 160 cm³/mol. The number of methoxy groups -OCH3 is 2. The van der Waals surface area contributed by atoms with Crippen molar-refractivity contribution in [2.45, 2.75) is 26.2 Å². The molecule has 0 aliphatic carbocycles. The summed E-state index contributed by atoms with van der Waals surface area (Å²) in [5.41, 5.74) is 5.09. The van der Waals surface area contributed by atoms with E-state index in [-0.39, 0.29) is 11.8 Å². The normalized spacial score (nSPS) is 16.1. The van der Waals surface area contributed by atoms with Crippen molar-refractivity contribution in [2.24, 2.45) is 0 Å². The number of fused-ring (bicyclic) bond motifs is 1. The molecule has 0 bridgehead atoms. The zero-order chi connectivity index (χ0) is 28.1. The van der Waals surface area contributed by atoms with E-state index >= 15 is 0 Å². The second-order valence-electron chi connectivity index (χ2n) is 10.1. The van der Waals surface area contributed by atoms with Gasteiger partial charge in [0.15, 0.2) is 11.5 Å². The van der Waals surface area contributed by atoms with Crippen LogP contribution in [0, 0.1) is 0 Å². The first kappa shape index (κ1) is 27.3. The Morgan fingerprint density at radius 1 is 0.950 bits per heavy atom. The SMILES string of the molecule is COc1cc2c(cc1OC)C(=C(Nc1ccc(N(CCN3CCCCC3)C(C)=O)cc1)c1ccccc1)C(=O)N2. The highest BCUT2D eigenvalue weighted by Crippen LogP contribution is 2.43. The highest BCUT2D eigenvalue weighted by Gasteiger charge is 2.30. The molecule has 0 radical (unpaired) electrons. The van der Waals surface area contributed by atoms with Crippen molar-refractivity contribution in [3.05, 3.63) is 77.9 Å². The molecule has 1 fully saturated rings. The standard InChI is InChI=1S/C32H36N4O4/c1-22(37)36(19-18-35-16-8-5-9-17-35)25-14-12-24(13-15-25)33-31(23-10-6-4-7-11-23)30-26-20-28(39-2)29(40-3)21-27(26)34-32(30)38/h4,6-7,10-15,20-21,33H,5,8-9,16-19H2,1-3H3,(H,34,38). The van der Waals surface area contributed by atoms with Gasteiger partial charge in [-0.3, -0.25) is 9.59 Å². The van der Waals surface area contributed by atoms with Gasteiger partial charge in [0.2, 0.25) is 5.91 Å². The molecule has 2 amide bonds. The fourth-order valence-electron chi connectivity index (χ4n) is 5.39. The number of piperidine rings is 1. The molecule has 2 heterocycles. The van der Waals surface area contributed by atoms with Gasteiger partial charge in [-0.25, -0.2) is 0 Å². The summed E-state index contributed by atoms with van der Waals surface area (Å²) in [6.45, 7) is 5.33. The first-order valence-corrected chi connectivity index (χ1v) is 13.7. The second kappa shape index (κ2) is 12.3. The number of hydrogen-bond donors (Lipinski definition) is 2. The largest absolute Gasteiger partial charge is 0.493 e. The molecule has 8 nitrogen and oxygen atoms in total. The van der Waals surface area contributed by atoms with Crippen molar-refractivity contribution in [1.29, 1.82) is 0 Å². The maximum atomic E-state index is 13.3. The molecule has 0 saturated carbocycles. The molecule has 0 aromatic heterocycles. The highest BCUT2D eigenvalue weighted by atomic mass is 16.5. The summed E-state index contributed by atoms with van der Waals surface area (Å²) in [6, 6.07) is 21.1. The van der Waals surface area contributed by atoms with Crippen molar-refractivity contribution in [3.8, 4) is 11.5 Å². The summed E-state index contributed by atoms with van der Waals surface area (Å²) in [7, 11) is 3.14. The zero-order valence-electron chi connectivity index (χ0n) is 23.3. The van der Waals surface area contributed by atoms with Crippen molar-refractivity contribution >= 4 is 40.1 Å². The molecule has 0 atom stereocenters. The molecule has 5 rings (SSSR count). The third-order valence-electron chi connectivity index (χ3n) is 7.50.